The monoisotopic (exact) mass is 360 g/mol. The highest BCUT2D eigenvalue weighted by molar-refractivity contribution is 5.91. The van der Waals surface area contributed by atoms with Crippen LogP contribution in [0.4, 0.5) is 22.7 Å². The van der Waals surface area contributed by atoms with Gasteiger partial charge in [-0.2, -0.15) is 0 Å². The molecule has 2 unspecified atom stereocenters. The minimum Gasteiger partial charge on any atom is -0.401 e. The Labute approximate surface area is 165 Å². The number of quaternary nitrogens is 2. The van der Waals surface area contributed by atoms with Gasteiger partial charge in [-0.25, -0.2) is 0 Å². The molecular formula is C26H20N2. The molecule has 0 radical (unpaired) electrons. The smallest absolute Gasteiger partial charge is 0.118 e. The average Bonchev–Trinajstić information content (AvgIpc) is 3.20. The van der Waals surface area contributed by atoms with E-state index in [1.165, 1.54) is 56.1 Å². The number of fused-ring (bicyclic) bond motifs is 6. The summed E-state index contributed by atoms with van der Waals surface area (Å²) in [5.74, 6) is 0. The van der Waals surface area contributed by atoms with Crippen molar-refractivity contribution in [2.45, 2.75) is 0 Å². The molecule has 0 fully saturated rings. The van der Waals surface area contributed by atoms with Gasteiger partial charge in [-0.05, 0) is 71.8 Å². The van der Waals surface area contributed by atoms with Crippen molar-refractivity contribution in [3.8, 4) is 33.4 Å². The van der Waals surface area contributed by atoms with E-state index in [1.54, 1.807) is 0 Å². The zero-order chi connectivity index (χ0) is 18.8. The molecule has 4 aromatic rings. The minimum atomic E-state index is 1.12. The predicted molar refractivity (Wildman–Crippen MR) is 114 cm³/mol. The summed E-state index contributed by atoms with van der Waals surface area (Å²) in [4.78, 5) is 2.24. The molecule has 134 valence electrons. The summed E-state index contributed by atoms with van der Waals surface area (Å²) in [6.07, 6.45) is 0. The highest BCUT2D eigenvalue weighted by Gasteiger charge is 2.27. The molecular weight excluding hydrogens is 340 g/mol. The fourth-order valence-electron chi connectivity index (χ4n) is 4.67. The van der Waals surface area contributed by atoms with Crippen LogP contribution in [0, 0.1) is 14.1 Å². The molecule has 2 atom stereocenters. The second kappa shape index (κ2) is 5.65. The maximum absolute atomic E-state index is 4.31. The van der Waals surface area contributed by atoms with Crippen LogP contribution in [0.15, 0.2) is 84.9 Å². The van der Waals surface area contributed by atoms with E-state index < -0.39 is 0 Å². The fraction of sp³-hybridized carbons (Fsp3) is 0. The van der Waals surface area contributed by atoms with E-state index in [4.69, 9.17) is 0 Å². The molecule has 2 heterocycles. The van der Waals surface area contributed by atoms with Gasteiger partial charge in [0, 0.05) is 22.3 Å². The fourth-order valence-corrected chi connectivity index (χ4v) is 4.67. The van der Waals surface area contributed by atoms with E-state index in [-0.39, 0.29) is 0 Å². The Hall–Kier alpha value is -3.20. The van der Waals surface area contributed by atoms with Crippen LogP contribution in [0.2, 0.25) is 0 Å². The van der Waals surface area contributed by atoms with Gasteiger partial charge in [0.25, 0.3) is 0 Å². The summed E-state index contributed by atoms with van der Waals surface area (Å²) >= 11 is 0. The zero-order valence-corrected chi connectivity index (χ0v) is 15.5. The third-order valence-electron chi connectivity index (χ3n) is 6.11. The van der Waals surface area contributed by atoms with Crippen LogP contribution in [0.1, 0.15) is 0 Å². The summed E-state index contributed by atoms with van der Waals surface area (Å²) in [5, 5.41) is 0. The molecule has 28 heavy (non-hydrogen) atoms. The lowest BCUT2D eigenvalue weighted by Gasteiger charge is -2.16. The average molecular weight is 360 g/mol. The van der Waals surface area contributed by atoms with E-state index in [1.807, 2.05) is 0 Å². The highest BCUT2D eigenvalue weighted by Crippen LogP contribution is 2.42. The van der Waals surface area contributed by atoms with Crippen LogP contribution in [-0.4, -0.2) is 0 Å². The second-order valence-electron chi connectivity index (χ2n) is 7.57. The molecule has 2 aliphatic heterocycles. The van der Waals surface area contributed by atoms with Crippen LogP contribution >= 0.6 is 0 Å². The normalized spacial score (nSPS) is 18.4. The van der Waals surface area contributed by atoms with Crippen molar-refractivity contribution < 1.29 is 9.80 Å². The van der Waals surface area contributed by atoms with Crippen LogP contribution in [0.3, 0.4) is 0 Å². The molecule has 6 rings (SSSR count). The van der Waals surface area contributed by atoms with Crippen molar-refractivity contribution in [2.24, 2.45) is 0 Å². The lowest BCUT2D eigenvalue weighted by Crippen LogP contribution is -2.95. The third kappa shape index (κ3) is 2.04. The number of rotatable bonds is 1. The Kier molecular flexibility index (Phi) is 3.19. The van der Waals surface area contributed by atoms with Gasteiger partial charge in [-0.3, -0.25) is 0 Å². The second-order valence-corrected chi connectivity index (χ2v) is 7.57. The SMILES string of the molecule is [CH2-][NH+]1c2ccccc2-c2cc(-c3ccc4c(c3)-c3ccccc3[NH+]4[CH2-])ccc21. The van der Waals surface area contributed by atoms with Crippen LogP contribution in [0.5, 0.6) is 0 Å². The molecule has 0 bridgehead atoms. The lowest BCUT2D eigenvalue weighted by molar-refractivity contribution is -0.700. The molecule has 0 aliphatic carbocycles. The Bertz CT molecular complexity index is 1160. The van der Waals surface area contributed by atoms with Gasteiger partial charge < -0.3 is 9.80 Å². The summed E-state index contributed by atoms with van der Waals surface area (Å²) in [6, 6.07) is 30.6. The van der Waals surface area contributed by atoms with Crippen LogP contribution < -0.4 is 9.80 Å². The summed E-state index contributed by atoms with van der Waals surface area (Å²) in [6.45, 7) is 0. The van der Waals surface area contributed by atoms with Gasteiger partial charge >= 0.3 is 0 Å². The molecule has 0 amide bonds. The van der Waals surface area contributed by atoms with Gasteiger partial charge in [0.05, 0.1) is 0 Å². The quantitative estimate of drug-likeness (QED) is 0.459. The highest BCUT2D eigenvalue weighted by atomic mass is 15.1. The van der Waals surface area contributed by atoms with Gasteiger partial charge in [0.15, 0.2) is 0 Å². The topological polar surface area (TPSA) is 8.88 Å². The van der Waals surface area contributed by atoms with Gasteiger partial charge in [-0.15, -0.1) is 14.1 Å². The maximum Gasteiger partial charge on any atom is 0.118 e. The molecule has 0 spiro atoms. The van der Waals surface area contributed by atoms with E-state index in [9.17, 15) is 0 Å². The molecule has 0 saturated carbocycles. The van der Waals surface area contributed by atoms with Crippen molar-refractivity contribution in [1.29, 1.82) is 0 Å². The Morgan fingerprint density at radius 1 is 0.429 bits per heavy atom. The maximum atomic E-state index is 4.31. The van der Waals surface area contributed by atoms with E-state index in [0.29, 0.717) is 0 Å². The van der Waals surface area contributed by atoms with E-state index >= 15 is 0 Å². The van der Waals surface area contributed by atoms with Crippen molar-refractivity contribution >= 4 is 22.7 Å². The largest absolute Gasteiger partial charge is 0.401 e. The summed E-state index contributed by atoms with van der Waals surface area (Å²) in [5.41, 5.74) is 12.6. The molecule has 2 aliphatic rings. The first-order valence-corrected chi connectivity index (χ1v) is 9.59. The number of nitrogens with one attached hydrogen (secondary N) is 2. The first-order valence-electron chi connectivity index (χ1n) is 9.59. The molecule has 0 aromatic heterocycles. The van der Waals surface area contributed by atoms with Gasteiger partial charge in [0.1, 0.15) is 22.7 Å². The number of para-hydroxylation sites is 2. The Morgan fingerprint density at radius 3 is 1.29 bits per heavy atom. The van der Waals surface area contributed by atoms with Crippen molar-refractivity contribution in [1.82, 2.24) is 0 Å². The summed E-state index contributed by atoms with van der Waals surface area (Å²) in [7, 11) is 8.62. The molecule has 2 heteroatoms. The van der Waals surface area contributed by atoms with E-state index in [2.05, 4.69) is 99.0 Å². The minimum absolute atomic E-state index is 1.12. The van der Waals surface area contributed by atoms with Crippen molar-refractivity contribution in [2.75, 3.05) is 0 Å². The van der Waals surface area contributed by atoms with Crippen LogP contribution in [0.25, 0.3) is 33.4 Å². The number of hydrogen-bond donors (Lipinski definition) is 2. The van der Waals surface area contributed by atoms with Gasteiger partial charge in [0.2, 0.25) is 0 Å². The first kappa shape index (κ1) is 15.8. The molecule has 0 saturated heterocycles. The number of benzene rings is 4. The zero-order valence-electron chi connectivity index (χ0n) is 15.5. The third-order valence-corrected chi connectivity index (χ3v) is 6.11. The van der Waals surface area contributed by atoms with Crippen molar-refractivity contribution in [3.63, 3.8) is 0 Å². The Balaban J connectivity index is 1.51. The molecule has 2 N–H and O–H groups in total. The summed E-state index contributed by atoms with van der Waals surface area (Å²) < 4.78 is 0. The first-order chi connectivity index (χ1) is 13.7. The lowest BCUT2D eigenvalue weighted by atomic mass is 9.96. The Morgan fingerprint density at radius 2 is 0.821 bits per heavy atom. The van der Waals surface area contributed by atoms with E-state index in [0.717, 1.165) is 9.80 Å². The van der Waals surface area contributed by atoms with Gasteiger partial charge in [-0.1, -0.05) is 24.3 Å². The molecule has 4 aromatic carbocycles. The predicted octanol–water partition coefficient (Wildman–Crippen LogP) is 4.59. The standard InChI is InChI=1S/C26H20N2/c1-27-23-9-5-3-7-19(23)21-15-17(11-13-25(21)27)18-12-14-26-22(16-18)20-8-4-6-10-24(20)28(26)2/h3-16,27-28H,1-2H2. The van der Waals surface area contributed by atoms with Crippen LogP contribution in [-0.2, 0) is 0 Å². The molecule has 2 nitrogen and oxygen atoms in total. The number of hydrogen-bond acceptors (Lipinski definition) is 0. The van der Waals surface area contributed by atoms with Crippen molar-refractivity contribution in [3.05, 3.63) is 99.0 Å².